The number of aliphatic carboxylic acids is 1. The molecule has 0 aromatic rings. The molecule has 4 unspecified atom stereocenters. The van der Waals surface area contributed by atoms with Gasteiger partial charge in [0.25, 0.3) is 0 Å². The smallest absolute Gasteiger partial charge is 0.306 e. The van der Waals surface area contributed by atoms with Crippen molar-refractivity contribution in [1.29, 1.82) is 0 Å². The highest BCUT2D eigenvalue weighted by molar-refractivity contribution is 7.58. The molecule has 0 aromatic carbocycles. The van der Waals surface area contributed by atoms with Crippen LogP contribution in [0, 0.1) is 11.8 Å². The summed E-state index contributed by atoms with van der Waals surface area (Å²) in [5, 5.41) is 9.21. The predicted molar refractivity (Wildman–Crippen MR) is 67.5 cm³/mol. The zero-order valence-electron chi connectivity index (χ0n) is 10.6. The molecule has 2 N–H and O–H groups in total. The van der Waals surface area contributed by atoms with E-state index in [9.17, 15) is 19.4 Å². The van der Waals surface area contributed by atoms with Crippen molar-refractivity contribution in [1.82, 2.24) is 0 Å². The fourth-order valence-corrected chi connectivity index (χ4v) is 5.02. The minimum absolute atomic E-state index is 0.123. The number of hydrogen-bond donors (Lipinski definition) is 2. The lowest BCUT2D eigenvalue weighted by atomic mass is 9.78. The summed E-state index contributed by atoms with van der Waals surface area (Å²) in [5.41, 5.74) is -0.303. The van der Waals surface area contributed by atoms with Gasteiger partial charge in [-0.25, -0.2) is 0 Å². The third kappa shape index (κ3) is 3.32. The van der Waals surface area contributed by atoms with E-state index in [0.29, 0.717) is 12.8 Å². The van der Waals surface area contributed by atoms with Gasteiger partial charge in [0.15, 0.2) is 0 Å². The Morgan fingerprint density at radius 2 is 1.94 bits per heavy atom. The fraction of sp³-hybridized carbons (Fsp3) is 0.917. The third-order valence-electron chi connectivity index (χ3n) is 4.03. The van der Waals surface area contributed by atoms with Crippen LogP contribution in [0.15, 0.2) is 0 Å². The van der Waals surface area contributed by atoms with Gasteiger partial charge in [-0.15, -0.1) is 0 Å². The molecule has 0 aromatic heterocycles. The summed E-state index contributed by atoms with van der Waals surface area (Å²) in [7, 11) is -3.18. The first-order chi connectivity index (χ1) is 7.94. The summed E-state index contributed by atoms with van der Waals surface area (Å²) in [6.45, 7) is 3.56. The molecule has 0 bridgehead atoms. The van der Waals surface area contributed by atoms with E-state index in [0.717, 1.165) is 19.3 Å². The first-order valence-corrected chi connectivity index (χ1v) is 8.39. The quantitative estimate of drug-likeness (QED) is 0.747. The van der Waals surface area contributed by atoms with Crippen molar-refractivity contribution in [3.8, 4) is 0 Å². The van der Waals surface area contributed by atoms with Crippen LogP contribution in [-0.2, 0) is 9.36 Å². The van der Waals surface area contributed by atoms with Crippen LogP contribution in [-0.4, -0.2) is 27.8 Å². The lowest BCUT2D eigenvalue weighted by Crippen LogP contribution is -2.35. The van der Waals surface area contributed by atoms with Crippen molar-refractivity contribution in [3.63, 3.8) is 0 Å². The van der Waals surface area contributed by atoms with Gasteiger partial charge in [-0.2, -0.15) is 0 Å². The maximum absolute atomic E-state index is 12.2. The molecule has 100 valence electrons. The first kappa shape index (κ1) is 14.7. The molecule has 17 heavy (non-hydrogen) atoms. The van der Waals surface area contributed by atoms with Crippen molar-refractivity contribution in [2.24, 2.45) is 11.8 Å². The van der Waals surface area contributed by atoms with E-state index in [4.69, 9.17) is 0 Å². The molecule has 4 atom stereocenters. The molecule has 5 heteroatoms. The van der Waals surface area contributed by atoms with Crippen LogP contribution in [0.4, 0.5) is 0 Å². The van der Waals surface area contributed by atoms with Gasteiger partial charge in [0, 0.05) is 11.8 Å². The van der Waals surface area contributed by atoms with Gasteiger partial charge >= 0.3 is 5.97 Å². The third-order valence-corrected chi connectivity index (χ3v) is 6.61. The standard InChI is InChI=1S/C12H23O4P/c1-3-9(12(13)14)10-7-5-6-8-11(10)17(15,16)4-2/h9-11H,3-8H2,1-2H3,(H,13,14)(H,15,16). The maximum Gasteiger partial charge on any atom is 0.306 e. The Hall–Kier alpha value is -0.340. The zero-order valence-corrected chi connectivity index (χ0v) is 11.5. The lowest BCUT2D eigenvalue weighted by Gasteiger charge is -2.37. The Balaban J connectivity index is 2.93. The average Bonchev–Trinajstić information content (AvgIpc) is 2.30. The van der Waals surface area contributed by atoms with E-state index >= 15 is 0 Å². The molecule has 1 aliphatic carbocycles. The Kier molecular flexibility index (Phi) is 5.21. The minimum atomic E-state index is -3.18. The molecule has 1 saturated carbocycles. The average molecular weight is 262 g/mol. The zero-order chi connectivity index (χ0) is 13.1. The molecule has 1 rings (SSSR count). The van der Waals surface area contributed by atoms with E-state index in [1.165, 1.54) is 0 Å². The van der Waals surface area contributed by atoms with E-state index in [1.54, 1.807) is 6.92 Å². The molecule has 1 aliphatic rings. The molecular formula is C12H23O4P. The number of carboxylic acid groups (broad SMARTS) is 1. The van der Waals surface area contributed by atoms with Crippen LogP contribution in [0.3, 0.4) is 0 Å². The molecule has 0 aliphatic heterocycles. The summed E-state index contributed by atoms with van der Waals surface area (Å²) in [4.78, 5) is 21.2. The summed E-state index contributed by atoms with van der Waals surface area (Å²) in [5.74, 6) is -1.41. The van der Waals surface area contributed by atoms with Crippen LogP contribution < -0.4 is 0 Å². The summed E-state index contributed by atoms with van der Waals surface area (Å²) in [6.07, 6.45) is 4.21. The maximum atomic E-state index is 12.2. The molecule has 4 nitrogen and oxygen atoms in total. The second-order valence-corrected chi connectivity index (χ2v) is 7.75. The molecule has 0 spiro atoms. The monoisotopic (exact) mass is 262 g/mol. The number of carbonyl (C=O) groups is 1. The van der Waals surface area contributed by atoms with E-state index in [1.807, 2.05) is 6.92 Å². The summed E-state index contributed by atoms with van der Waals surface area (Å²) in [6, 6.07) is 0. The van der Waals surface area contributed by atoms with Crippen LogP contribution in [0.25, 0.3) is 0 Å². The SMILES string of the molecule is CCC(C(=O)O)C1CCCCC1P(=O)(O)CC. The first-order valence-electron chi connectivity index (χ1n) is 6.48. The highest BCUT2D eigenvalue weighted by Gasteiger charge is 2.42. The van der Waals surface area contributed by atoms with Crippen LogP contribution in [0.1, 0.15) is 46.0 Å². The van der Waals surface area contributed by atoms with Crippen LogP contribution in [0.2, 0.25) is 0 Å². The molecular weight excluding hydrogens is 239 g/mol. The topological polar surface area (TPSA) is 74.6 Å². The van der Waals surface area contributed by atoms with Crippen molar-refractivity contribution in [3.05, 3.63) is 0 Å². The Morgan fingerprint density at radius 1 is 1.35 bits per heavy atom. The van der Waals surface area contributed by atoms with Crippen molar-refractivity contribution >= 4 is 13.3 Å². The van der Waals surface area contributed by atoms with Gasteiger partial charge in [-0.1, -0.05) is 26.7 Å². The normalized spacial score (nSPS) is 30.5. The molecule has 0 saturated heterocycles. The number of carboxylic acids is 1. The molecule has 0 radical (unpaired) electrons. The molecule has 0 heterocycles. The van der Waals surface area contributed by atoms with Gasteiger partial charge in [0.1, 0.15) is 0 Å². The van der Waals surface area contributed by atoms with Gasteiger partial charge in [-0.05, 0) is 25.2 Å². The van der Waals surface area contributed by atoms with Crippen LogP contribution >= 0.6 is 7.37 Å². The lowest BCUT2D eigenvalue weighted by molar-refractivity contribution is -0.144. The van der Waals surface area contributed by atoms with Crippen molar-refractivity contribution in [2.45, 2.75) is 51.6 Å². The Bertz CT molecular complexity index is 316. The van der Waals surface area contributed by atoms with E-state index in [-0.39, 0.29) is 17.7 Å². The van der Waals surface area contributed by atoms with Gasteiger partial charge in [-0.3, -0.25) is 9.36 Å². The van der Waals surface area contributed by atoms with Gasteiger partial charge in [0.05, 0.1) is 5.92 Å². The molecule has 0 amide bonds. The molecule has 1 fully saturated rings. The van der Waals surface area contributed by atoms with Crippen molar-refractivity contribution < 1.29 is 19.4 Å². The van der Waals surface area contributed by atoms with Gasteiger partial charge < -0.3 is 10.00 Å². The van der Waals surface area contributed by atoms with E-state index < -0.39 is 19.3 Å². The largest absolute Gasteiger partial charge is 0.481 e. The number of hydrogen-bond acceptors (Lipinski definition) is 2. The number of rotatable bonds is 5. The predicted octanol–water partition coefficient (Wildman–Crippen LogP) is 2.95. The van der Waals surface area contributed by atoms with Crippen molar-refractivity contribution in [2.75, 3.05) is 6.16 Å². The second-order valence-electron chi connectivity index (χ2n) is 4.94. The highest BCUT2D eigenvalue weighted by Crippen LogP contribution is 2.55. The Labute approximate surface area is 103 Å². The summed E-state index contributed by atoms with van der Waals surface area (Å²) < 4.78 is 12.2. The summed E-state index contributed by atoms with van der Waals surface area (Å²) >= 11 is 0. The van der Waals surface area contributed by atoms with E-state index in [2.05, 4.69) is 0 Å². The van der Waals surface area contributed by atoms with Gasteiger partial charge in [0.2, 0.25) is 7.37 Å². The second kappa shape index (κ2) is 6.01. The Morgan fingerprint density at radius 3 is 2.41 bits per heavy atom. The fourth-order valence-electron chi connectivity index (χ4n) is 3.01. The minimum Gasteiger partial charge on any atom is -0.481 e. The highest BCUT2D eigenvalue weighted by atomic mass is 31.2. The van der Waals surface area contributed by atoms with Crippen LogP contribution in [0.5, 0.6) is 0 Å².